The van der Waals surface area contributed by atoms with Gasteiger partial charge in [0, 0.05) is 12.1 Å². The van der Waals surface area contributed by atoms with Gasteiger partial charge in [-0.2, -0.15) is 0 Å². The Hall–Kier alpha value is -2.41. The van der Waals surface area contributed by atoms with Gasteiger partial charge in [-0.3, -0.25) is 14.4 Å². The summed E-state index contributed by atoms with van der Waals surface area (Å²) in [6.45, 7) is 4.15. The summed E-state index contributed by atoms with van der Waals surface area (Å²) in [4.78, 5) is 37.5. The number of benzene rings is 1. The first kappa shape index (κ1) is 20.9. The molecular formula is C20H31N4O3+. The molecule has 1 aliphatic rings. The quantitative estimate of drug-likeness (QED) is 0.528. The molecule has 1 atom stereocenters. The molecule has 0 bridgehead atoms. The zero-order valence-corrected chi connectivity index (χ0v) is 16.4. The summed E-state index contributed by atoms with van der Waals surface area (Å²) < 4.78 is 0. The van der Waals surface area contributed by atoms with Gasteiger partial charge >= 0.3 is 0 Å². The molecule has 0 radical (unpaired) electrons. The Balaban J connectivity index is 1.91. The zero-order chi connectivity index (χ0) is 19.8. The third-order valence-electron chi connectivity index (χ3n) is 4.51. The minimum absolute atomic E-state index is 0.0735. The number of likely N-dealkylation sites (N-methyl/N-ethyl adjacent to an activating group) is 1. The van der Waals surface area contributed by atoms with Crippen LogP contribution in [0.4, 0.5) is 5.69 Å². The first-order chi connectivity index (χ1) is 12.8. The number of amides is 3. The smallest absolute Gasteiger partial charge is 0.279 e. The standard InChI is InChI=1S/C20H30N4O3/c1-14(2)21-18(25)12-24(3)13-19(26)23-17-11-7-6-10-16(17)20(27)22-15-8-4-5-9-15/h6-7,10-11,14-15H,4-5,8-9,12-13H2,1-3H3,(H,21,25)(H,22,27)(H,23,26)/p+1. The van der Waals surface area contributed by atoms with Crippen molar-refractivity contribution < 1.29 is 19.3 Å². The first-order valence-corrected chi connectivity index (χ1v) is 9.65. The Morgan fingerprint density at radius 1 is 1.07 bits per heavy atom. The van der Waals surface area contributed by atoms with Crippen molar-refractivity contribution >= 4 is 23.4 Å². The number of hydrogen-bond donors (Lipinski definition) is 4. The summed E-state index contributed by atoms with van der Waals surface area (Å²) in [6.07, 6.45) is 4.30. The molecule has 1 aliphatic carbocycles. The van der Waals surface area contributed by atoms with Gasteiger partial charge in [-0.25, -0.2) is 0 Å². The van der Waals surface area contributed by atoms with E-state index in [4.69, 9.17) is 0 Å². The maximum Gasteiger partial charge on any atom is 0.279 e. The average Bonchev–Trinajstić information content (AvgIpc) is 3.06. The largest absolute Gasteiger partial charge is 0.349 e. The van der Waals surface area contributed by atoms with Crippen molar-refractivity contribution in [1.82, 2.24) is 10.6 Å². The third kappa shape index (κ3) is 7.02. The van der Waals surface area contributed by atoms with Crippen molar-refractivity contribution in [2.45, 2.75) is 51.6 Å². The van der Waals surface area contributed by atoms with Gasteiger partial charge in [0.2, 0.25) is 0 Å². The highest BCUT2D eigenvalue weighted by Crippen LogP contribution is 2.20. The molecule has 1 aromatic carbocycles. The van der Waals surface area contributed by atoms with Crippen LogP contribution in [0, 0.1) is 0 Å². The number of anilines is 1. The van der Waals surface area contributed by atoms with Crippen molar-refractivity contribution in [3.8, 4) is 0 Å². The van der Waals surface area contributed by atoms with Crippen LogP contribution in [0.2, 0.25) is 0 Å². The molecule has 2 rings (SSSR count). The fourth-order valence-corrected chi connectivity index (χ4v) is 3.30. The highest BCUT2D eigenvalue weighted by Gasteiger charge is 2.21. The van der Waals surface area contributed by atoms with E-state index in [1.165, 1.54) is 0 Å². The number of carbonyl (C=O) groups excluding carboxylic acids is 3. The molecule has 148 valence electrons. The van der Waals surface area contributed by atoms with E-state index in [2.05, 4.69) is 16.0 Å². The molecule has 1 saturated carbocycles. The summed E-state index contributed by atoms with van der Waals surface area (Å²) in [6, 6.07) is 7.30. The van der Waals surface area contributed by atoms with E-state index in [1.807, 2.05) is 13.8 Å². The van der Waals surface area contributed by atoms with E-state index in [0.29, 0.717) is 11.3 Å². The van der Waals surface area contributed by atoms with Crippen LogP contribution in [-0.2, 0) is 9.59 Å². The predicted octanol–water partition coefficient (Wildman–Crippen LogP) is 0.337. The van der Waals surface area contributed by atoms with Crippen LogP contribution in [0.3, 0.4) is 0 Å². The van der Waals surface area contributed by atoms with Gasteiger partial charge in [0.25, 0.3) is 17.7 Å². The number of rotatable bonds is 8. The lowest BCUT2D eigenvalue weighted by Gasteiger charge is -2.17. The highest BCUT2D eigenvalue weighted by molar-refractivity contribution is 6.04. The van der Waals surface area contributed by atoms with Gasteiger partial charge < -0.3 is 20.9 Å². The second-order valence-corrected chi connectivity index (χ2v) is 7.58. The van der Waals surface area contributed by atoms with Crippen molar-refractivity contribution in [2.24, 2.45) is 0 Å². The molecule has 1 aromatic rings. The molecule has 7 nitrogen and oxygen atoms in total. The van der Waals surface area contributed by atoms with Crippen LogP contribution in [0.25, 0.3) is 0 Å². The van der Waals surface area contributed by atoms with E-state index in [-0.39, 0.29) is 42.9 Å². The second kappa shape index (κ2) is 10.1. The van der Waals surface area contributed by atoms with Crippen molar-refractivity contribution in [2.75, 3.05) is 25.5 Å². The maximum absolute atomic E-state index is 12.6. The summed E-state index contributed by atoms with van der Waals surface area (Å²) in [5.41, 5.74) is 0.963. The van der Waals surface area contributed by atoms with Crippen molar-refractivity contribution in [3.05, 3.63) is 29.8 Å². The molecule has 4 N–H and O–H groups in total. The van der Waals surface area contributed by atoms with E-state index in [1.54, 1.807) is 31.3 Å². The van der Waals surface area contributed by atoms with Gasteiger partial charge in [-0.05, 0) is 38.8 Å². The monoisotopic (exact) mass is 375 g/mol. The molecular weight excluding hydrogens is 344 g/mol. The lowest BCUT2D eigenvalue weighted by molar-refractivity contribution is -0.862. The van der Waals surface area contributed by atoms with Crippen LogP contribution in [0.5, 0.6) is 0 Å². The number of para-hydroxylation sites is 1. The SMILES string of the molecule is CC(C)NC(=O)C[NH+](C)CC(=O)Nc1ccccc1C(=O)NC1CCCC1. The van der Waals surface area contributed by atoms with E-state index in [9.17, 15) is 14.4 Å². The minimum Gasteiger partial charge on any atom is -0.349 e. The molecule has 0 aliphatic heterocycles. The number of quaternary nitrogens is 1. The van der Waals surface area contributed by atoms with Gasteiger partial charge in [0.1, 0.15) is 0 Å². The van der Waals surface area contributed by atoms with Gasteiger partial charge in [0.05, 0.1) is 18.3 Å². The van der Waals surface area contributed by atoms with E-state index >= 15 is 0 Å². The Morgan fingerprint density at radius 3 is 2.37 bits per heavy atom. The summed E-state index contributed by atoms with van der Waals surface area (Å²) in [5.74, 6) is -0.479. The molecule has 1 fully saturated rings. The van der Waals surface area contributed by atoms with Crippen LogP contribution >= 0.6 is 0 Å². The van der Waals surface area contributed by atoms with Crippen molar-refractivity contribution in [3.63, 3.8) is 0 Å². The molecule has 7 heteroatoms. The number of hydrogen-bond acceptors (Lipinski definition) is 3. The molecule has 27 heavy (non-hydrogen) atoms. The third-order valence-corrected chi connectivity index (χ3v) is 4.51. The van der Waals surface area contributed by atoms with Gasteiger partial charge in [0.15, 0.2) is 13.1 Å². The normalized spacial score (nSPS) is 15.4. The Labute approximate surface area is 160 Å². The van der Waals surface area contributed by atoms with E-state index in [0.717, 1.165) is 30.6 Å². The maximum atomic E-state index is 12.6. The molecule has 0 saturated heterocycles. The van der Waals surface area contributed by atoms with Gasteiger partial charge in [-0.1, -0.05) is 25.0 Å². The highest BCUT2D eigenvalue weighted by atomic mass is 16.2. The summed E-state index contributed by atoms with van der Waals surface area (Å²) in [7, 11) is 1.79. The molecule has 0 heterocycles. The lowest BCUT2D eigenvalue weighted by Crippen LogP contribution is -3.11. The Kier molecular flexibility index (Phi) is 7.79. The predicted molar refractivity (Wildman–Crippen MR) is 105 cm³/mol. The molecule has 3 amide bonds. The topological polar surface area (TPSA) is 91.7 Å². The number of carbonyl (C=O) groups is 3. The minimum atomic E-state index is -0.231. The molecule has 0 spiro atoms. The van der Waals surface area contributed by atoms with Crippen LogP contribution in [0.15, 0.2) is 24.3 Å². The average molecular weight is 375 g/mol. The number of nitrogens with one attached hydrogen (secondary N) is 4. The molecule has 0 aromatic heterocycles. The zero-order valence-electron chi connectivity index (χ0n) is 16.4. The summed E-state index contributed by atoms with van der Waals surface area (Å²) >= 11 is 0. The van der Waals surface area contributed by atoms with E-state index < -0.39 is 0 Å². The Morgan fingerprint density at radius 2 is 1.70 bits per heavy atom. The fourth-order valence-electron chi connectivity index (χ4n) is 3.30. The van der Waals surface area contributed by atoms with Gasteiger partial charge in [-0.15, -0.1) is 0 Å². The van der Waals surface area contributed by atoms with Crippen LogP contribution in [0.1, 0.15) is 49.9 Å². The fraction of sp³-hybridized carbons (Fsp3) is 0.550. The second-order valence-electron chi connectivity index (χ2n) is 7.58. The van der Waals surface area contributed by atoms with Crippen LogP contribution < -0.4 is 20.9 Å². The Bertz CT molecular complexity index is 669. The molecule has 1 unspecified atom stereocenters. The van der Waals surface area contributed by atoms with Crippen LogP contribution in [-0.4, -0.2) is 49.9 Å². The summed E-state index contributed by atoms with van der Waals surface area (Å²) in [5, 5.41) is 8.66. The first-order valence-electron chi connectivity index (χ1n) is 9.65. The lowest BCUT2D eigenvalue weighted by atomic mass is 10.1. The van der Waals surface area contributed by atoms with Crippen molar-refractivity contribution in [1.29, 1.82) is 0 Å².